The third kappa shape index (κ3) is 4.36. The summed E-state index contributed by atoms with van der Waals surface area (Å²) in [5.74, 6) is -0.591. The molecule has 1 aliphatic heterocycles. The van der Waals surface area contributed by atoms with E-state index in [4.69, 9.17) is 0 Å². The molecule has 4 amide bonds. The minimum atomic E-state index is -0.299. The summed E-state index contributed by atoms with van der Waals surface area (Å²) in [4.78, 5) is 39.4. The molecule has 1 heterocycles. The maximum atomic E-state index is 12.3. The van der Waals surface area contributed by atoms with Crippen LogP contribution in [0.25, 0.3) is 0 Å². The molecule has 0 saturated carbocycles. The minimum Gasteiger partial charge on any atom is -0.338 e. The molecule has 0 saturated heterocycles. The fourth-order valence-electron chi connectivity index (χ4n) is 2.56. The summed E-state index contributed by atoms with van der Waals surface area (Å²) in [6.45, 7) is 8.69. The number of rotatable bonds is 8. The summed E-state index contributed by atoms with van der Waals surface area (Å²) in [5.41, 5.74) is 0.826. The van der Waals surface area contributed by atoms with Crippen molar-refractivity contribution in [3.05, 3.63) is 59.1 Å². The normalized spacial score (nSPS) is 12.8. The van der Waals surface area contributed by atoms with Crippen LogP contribution in [0.4, 0.5) is 4.79 Å². The lowest BCUT2D eigenvalue weighted by molar-refractivity contribution is 0.0653. The monoisotopic (exact) mass is 405 g/mol. The van der Waals surface area contributed by atoms with Crippen molar-refractivity contribution in [3.8, 4) is 0 Å². The number of imide groups is 1. The van der Waals surface area contributed by atoms with Gasteiger partial charge >= 0.3 is 6.03 Å². The first-order valence-electron chi connectivity index (χ1n) is 7.90. The largest absolute Gasteiger partial charge is 0.338 e. The third-order valence-electron chi connectivity index (χ3n) is 3.75. The predicted molar refractivity (Wildman–Crippen MR) is 99.5 cm³/mol. The highest BCUT2D eigenvalue weighted by Gasteiger charge is 2.34. The number of carbonyl (C=O) groups is 3. The van der Waals surface area contributed by atoms with Gasteiger partial charge in [-0.3, -0.25) is 14.5 Å². The quantitative estimate of drug-likeness (QED) is 0.410. The lowest BCUT2D eigenvalue weighted by atomic mass is 10.1. The molecule has 0 bridgehead atoms. The van der Waals surface area contributed by atoms with E-state index in [9.17, 15) is 14.4 Å². The molecule has 6 nitrogen and oxygen atoms in total. The first-order valence-corrected chi connectivity index (χ1v) is 8.69. The van der Waals surface area contributed by atoms with E-state index in [0.29, 0.717) is 37.2 Å². The second-order valence-electron chi connectivity index (χ2n) is 5.52. The smallest absolute Gasteiger partial charge is 0.317 e. The predicted octanol–water partition coefficient (Wildman–Crippen LogP) is 2.82. The maximum Gasteiger partial charge on any atom is 0.317 e. The molecule has 0 spiro atoms. The van der Waals surface area contributed by atoms with Gasteiger partial charge in [0.15, 0.2) is 0 Å². The topological polar surface area (TPSA) is 69.7 Å². The van der Waals surface area contributed by atoms with Crippen LogP contribution in [0.3, 0.4) is 0 Å². The van der Waals surface area contributed by atoms with E-state index in [2.05, 4.69) is 34.4 Å². The van der Waals surface area contributed by atoms with Crippen molar-refractivity contribution in [1.82, 2.24) is 15.1 Å². The van der Waals surface area contributed by atoms with E-state index in [1.807, 2.05) is 0 Å². The van der Waals surface area contributed by atoms with Gasteiger partial charge in [-0.2, -0.15) is 0 Å². The molecule has 0 unspecified atom stereocenters. The molecular weight excluding hydrogens is 386 g/mol. The van der Waals surface area contributed by atoms with E-state index in [-0.39, 0.29) is 24.4 Å². The van der Waals surface area contributed by atoms with Gasteiger partial charge < -0.3 is 10.2 Å². The Morgan fingerprint density at radius 2 is 1.80 bits per heavy atom. The standard InChI is InChI=1S/C18H20BrN3O3/c1-3-9-21(10-4-2)18(25)20-8-5-11-22-16(23)14-7-6-13(19)12-15(14)17(22)24/h3-4,6-7,12H,1-2,5,8-11H2,(H,20,25). The summed E-state index contributed by atoms with van der Waals surface area (Å²) in [5, 5.41) is 2.77. The van der Waals surface area contributed by atoms with Crippen LogP contribution in [-0.2, 0) is 0 Å². The van der Waals surface area contributed by atoms with Crippen LogP contribution < -0.4 is 5.32 Å². The lowest BCUT2D eigenvalue weighted by Gasteiger charge is -2.20. The van der Waals surface area contributed by atoms with Gasteiger partial charge in [0, 0.05) is 30.7 Å². The Kier molecular flexibility index (Phi) is 6.52. The molecule has 132 valence electrons. The van der Waals surface area contributed by atoms with Crippen LogP contribution >= 0.6 is 15.9 Å². The second-order valence-corrected chi connectivity index (χ2v) is 6.44. The molecule has 2 rings (SSSR count). The first-order chi connectivity index (χ1) is 12.0. The van der Waals surface area contributed by atoms with Crippen molar-refractivity contribution >= 4 is 33.8 Å². The maximum absolute atomic E-state index is 12.3. The van der Waals surface area contributed by atoms with E-state index < -0.39 is 0 Å². The number of halogens is 1. The van der Waals surface area contributed by atoms with Crippen molar-refractivity contribution in [1.29, 1.82) is 0 Å². The average molecular weight is 406 g/mol. The van der Waals surface area contributed by atoms with Crippen molar-refractivity contribution < 1.29 is 14.4 Å². The zero-order valence-corrected chi connectivity index (χ0v) is 15.4. The molecule has 25 heavy (non-hydrogen) atoms. The fraction of sp³-hybridized carbons (Fsp3) is 0.278. The van der Waals surface area contributed by atoms with Gasteiger partial charge in [-0.25, -0.2) is 4.79 Å². The number of nitrogens with zero attached hydrogens (tertiary/aromatic N) is 2. The molecule has 0 radical (unpaired) electrons. The summed E-state index contributed by atoms with van der Waals surface area (Å²) < 4.78 is 0.756. The van der Waals surface area contributed by atoms with Crippen molar-refractivity contribution in [2.75, 3.05) is 26.2 Å². The van der Waals surface area contributed by atoms with Gasteiger partial charge in [-0.15, -0.1) is 13.2 Å². The Hall–Kier alpha value is -2.41. The number of benzene rings is 1. The molecule has 0 aromatic heterocycles. The Balaban J connectivity index is 1.85. The lowest BCUT2D eigenvalue weighted by Crippen LogP contribution is -2.41. The molecule has 1 aromatic rings. The van der Waals surface area contributed by atoms with Gasteiger partial charge in [-0.05, 0) is 24.6 Å². The minimum absolute atomic E-state index is 0.230. The number of amides is 4. The number of hydrogen-bond acceptors (Lipinski definition) is 3. The molecule has 1 aromatic carbocycles. The highest BCUT2D eigenvalue weighted by atomic mass is 79.9. The van der Waals surface area contributed by atoms with Crippen LogP contribution in [0, 0.1) is 0 Å². The summed E-state index contributed by atoms with van der Waals surface area (Å²) in [6, 6.07) is 4.80. The van der Waals surface area contributed by atoms with E-state index in [1.54, 1.807) is 35.3 Å². The number of carbonyl (C=O) groups excluding carboxylic acids is 3. The van der Waals surface area contributed by atoms with E-state index in [0.717, 1.165) is 4.47 Å². The fourth-order valence-corrected chi connectivity index (χ4v) is 2.92. The van der Waals surface area contributed by atoms with Crippen LogP contribution in [-0.4, -0.2) is 53.8 Å². The highest BCUT2D eigenvalue weighted by molar-refractivity contribution is 9.10. The molecule has 0 fully saturated rings. The zero-order valence-electron chi connectivity index (χ0n) is 13.8. The van der Waals surface area contributed by atoms with Gasteiger partial charge in [0.25, 0.3) is 11.8 Å². The number of hydrogen-bond donors (Lipinski definition) is 1. The van der Waals surface area contributed by atoms with Crippen LogP contribution in [0.2, 0.25) is 0 Å². The van der Waals surface area contributed by atoms with Crippen LogP contribution in [0.5, 0.6) is 0 Å². The van der Waals surface area contributed by atoms with Crippen molar-refractivity contribution in [3.63, 3.8) is 0 Å². The van der Waals surface area contributed by atoms with Crippen molar-refractivity contribution in [2.24, 2.45) is 0 Å². The third-order valence-corrected chi connectivity index (χ3v) is 4.25. The van der Waals surface area contributed by atoms with Gasteiger partial charge in [0.1, 0.15) is 0 Å². The second kappa shape index (κ2) is 8.62. The van der Waals surface area contributed by atoms with Crippen LogP contribution in [0.1, 0.15) is 27.1 Å². The summed E-state index contributed by atoms with van der Waals surface area (Å²) in [6.07, 6.45) is 3.76. The van der Waals surface area contributed by atoms with E-state index in [1.165, 1.54) is 4.90 Å². The molecule has 1 aliphatic rings. The summed E-state index contributed by atoms with van der Waals surface area (Å²) in [7, 11) is 0. The zero-order chi connectivity index (χ0) is 18.4. The number of urea groups is 1. The molecule has 1 N–H and O–H groups in total. The molecular formula is C18H20BrN3O3. The van der Waals surface area contributed by atoms with Crippen LogP contribution in [0.15, 0.2) is 48.0 Å². The van der Waals surface area contributed by atoms with Gasteiger partial charge in [0.2, 0.25) is 0 Å². The van der Waals surface area contributed by atoms with Gasteiger partial charge in [-0.1, -0.05) is 28.1 Å². The molecule has 7 heteroatoms. The number of fused-ring (bicyclic) bond motifs is 1. The SMILES string of the molecule is C=CCN(CC=C)C(=O)NCCCN1C(=O)c2ccc(Br)cc2C1=O. The molecule has 0 aliphatic carbocycles. The Morgan fingerprint density at radius 1 is 1.16 bits per heavy atom. The van der Waals surface area contributed by atoms with E-state index >= 15 is 0 Å². The first kappa shape index (κ1) is 18.9. The Labute approximate surface area is 155 Å². The number of nitrogens with one attached hydrogen (secondary N) is 1. The van der Waals surface area contributed by atoms with Gasteiger partial charge in [0.05, 0.1) is 11.1 Å². The molecule has 0 atom stereocenters. The average Bonchev–Trinajstić information content (AvgIpc) is 2.82. The highest BCUT2D eigenvalue weighted by Crippen LogP contribution is 2.25. The summed E-state index contributed by atoms with van der Waals surface area (Å²) >= 11 is 3.30. The van der Waals surface area contributed by atoms with Crippen molar-refractivity contribution in [2.45, 2.75) is 6.42 Å². The Morgan fingerprint density at radius 3 is 2.44 bits per heavy atom. The Bertz CT molecular complexity index is 708.